The molecule has 2 atom stereocenters. The Balaban J connectivity index is 3.69. The molecular weight excluding hydrogens is 266 g/mol. The van der Waals surface area contributed by atoms with Crippen LogP contribution in [-0.2, 0) is 19.2 Å². The summed E-state index contributed by atoms with van der Waals surface area (Å²) in [5.74, 6) is -0.696. The molecule has 0 aliphatic carbocycles. The van der Waals surface area contributed by atoms with Crippen molar-refractivity contribution in [3.8, 4) is 0 Å². The van der Waals surface area contributed by atoms with Gasteiger partial charge in [-0.2, -0.15) is 0 Å². The molecule has 6 nitrogen and oxygen atoms in total. The van der Waals surface area contributed by atoms with Crippen molar-refractivity contribution in [2.75, 3.05) is 6.54 Å². The first kappa shape index (κ1) is 17.8. The standard InChI is InChI=1S/C11H18BN2O4P/c1-7(11(18)19)14-10(17)6-13-9(16)5-3-2-4-8(12)15/h7H,2-6,19H2,1H3,(H,13,16)(H,14,17). The van der Waals surface area contributed by atoms with Gasteiger partial charge in [0.15, 0.2) is 13.4 Å². The molecular formula is C11H18BN2O4P. The molecule has 2 N–H and O–H groups in total. The Kier molecular flexibility index (Phi) is 9.05. The zero-order valence-electron chi connectivity index (χ0n) is 10.9. The normalized spacial score (nSPS) is 11.5. The largest absolute Gasteiger partial charge is 0.347 e. The number of hydrogen-bond acceptors (Lipinski definition) is 4. The van der Waals surface area contributed by atoms with Gasteiger partial charge in [0.05, 0.1) is 18.3 Å². The Morgan fingerprint density at radius 3 is 2.21 bits per heavy atom. The highest BCUT2D eigenvalue weighted by Gasteiger charge is 2.11. The van der Waals surface area contributed by atoms with Crippen LogP contribution in [0.5, 0.6) is 0 Å². The van der Waals surface area contributed by atoms with Crippen molar-refractivity contribution in [1.82, 2.24) is 10.6 Å². The van der Waals surface area contributed by atoms with E-state index in [9.17, 15) is 19.2 Å². The Hall–Kier alpha value is -1.23. The molecule has 0 bridgehead atoms. The van der Waals surface area contributed by atoms with E-state index in [1.807, 2.05) is 9.24 Å². The van der Waals surface area contributed by atoms with E-state index in [2.05, 4.69) is 10.6 Å². The second-order valence-corrected chi connectivity index (χ2v) is 4.71. The van der Waals surface area contributed by atoms with Crippen molar-refractivity contribution in [2.45, 2.75) is 38.6 Å². The lowest BCUT2D eigenvalue weighted by atomic mass is 9.97. The maximum Gasteiger partial charge on any atom is 0.239 e. The Morgan fingerprint density at radius 2 is 1.68 bits per heavy atom. The molecule has 0 aliphatic heterocycles. The molecule has 8 heteroatoms. The summed E-state index contributed by atoms with van der Waals surface area (Å²) < 4.78 is 0. The molecule has 0 aromatic carbocycles. The average Bonchev–Trinajstić information content (AvgIpc) is 2.31. The van der Waals surface area contributed by atoms with Gasteiger partial charge in [0, 0.05) is 6.42 Å². The molecule has 2 radical (unpaired) electrons. The second-order valence-electron chi connectivity index (χ2n) is 4.14. The minimum absolute atomic E-state index is 0.170. The van der Waals surface area contributed by atoms with Crippen LogP contribution in [0.1, 0.15) is 32.6 Å². The van der Waals surface area contributed by atoms with Crippen LogP contribution in [0.4, 0.5) is 0 Å². The van der Waals surface area contributed by atoms with Crippen LogP contribution in [0.2, 0.25) is 0 Å². The van der Waals surface area contributed by atoms with E-state index in [0.29, 0.717) is 12.8 Å². The minimum Gasteiger partial charge on any atom is -0.347 e. The van der Waals surface area contributed by atoms with Gasteiger partial charge in [-0.3, -0.25) is 14.4 Å². The number of carbonyl (C=O) groups excluding carboxylic acids is 4. The predicted octanol–water partition coefficient (Wildman–Crippen LogP) is -0.735. The first-order chi connectivity index (χ1) is 8.82. The first-order valence-electron chi connectivity index (χ1n) is 5.96. The lowest BCUT2D eigenvalue weighted by Gasteiger charge is -2.10. The first-order valence-corrected chi connectivity index (χ1v) is 6.54. The molecule has 0 heterocycles. The van der Waals surface area contributed by atoms with Gasteiger partial charge in [-0.1, -0.05) is 9.24 Å². The molecule has 0 spiro atoms. The number of carbonyl (C=O) groups is 4. The van der Waals surface area contributed by atoms with Crippen molar-refractivity contribution >= 4 is 40.1 Å². The summed E-state index contributed by atoms with van der Waals surface area (Å²) in [4.78, 5) is 44.0. The van der Waals surface area contributed by atoms with E-state index < -0.39 is 17.6 Å². The van der Waals surface area contributed by atoms with Gasteiger partial charge < -0.3 is 15.4 Å². The van der Waals surface area contributed by atoms with Crippen LogP contribution in [0.3, 0.4) is 0 Å². The van der Waals surface area contributed by atoms with Crippen LogP contribution >= 0.6 is 9.24 Å². The fourth-order valence-electron chi connectivity index (χ4n) is 1.22. The van der Waals surface area contributed by atoms with E-state index in [0.717, 1.165) is 0 Å². The highest BCUT2D eigenvalue weighted by molar-refractivity contribution is 7.40. The highest BCUT2D eigenvalue weighted by Crippen LogP contribution is 1.99. The molecule has 0 aliphatic rings. The summed E-state index contributed by atoms with van der Waals surface area (Å²) in [5.41, 5.74) is -0.623. The Bertz CT molecular complexity index is 363. The molecule has 0 fully saturated rings. The van der Waals surface area contributed by atoms with Crippen molar-refractivity contribution in [1.29, 1.82) is 0 Å². The zero-order chi connectivity index (χ0) is 14.8. The summed E-state index contributed by atoms with van der Waals surface area (Å²) in [5, 5.41) is 4.86. The van der Waals surface area contributed by atoms with Gasteiger partial charge >= 0.3 is 0 Å². The summed E-state index contributed by atoms with van der Waals surface area (Å²) >= 11 is 0. The lowest BCUT2D eigenvalue weighted by molar-refractivity contribution is -0.127. The van der Waals surface area contributed by atoms with E-state index in [-0.39, 0.29) is 30.8 Å². The van der Waals surface area contributed by atoms with Crippen molar-refractivity contribution in [2.24, 2.45) is 0 Å². The maximum absolute atomic E-state index is 11.3. The van der Waals surface area contributed by atoms with E-state index in [1.165, 1.54) is 0 Å². The molecule has 0 rings (SSSR count). The quantitative estimate of drug-likeness (QED) is 0.331. The van der Waals surface area contributed by atoms with E-state index in [1.54, 1.807) is 6.92 Å². The van der Waals surface area contributed by atoms with Crippen molar-refractivity contribution in [3.63, 3.8) is 0 Å². The highest BCUT2D eigenvalue weighted by atomic mass is 31.0. The minimum atomic E-state index is -0.593. The molecule has 0 aromatic heterocycles. The lowest BCUT2D eigenvalue weighted by Crippen LogP contribution is -2.42. The monoisotopic (exact) mass is 284 g/mol. The summed E-state index contributed by atoms with van der Waals surface area (Å²) in [7, 11) is 6.93. The van der Waals surface area contributed by atoms with Gasteiger partial charge in [0.25, 0.3) is 0 Å². The third-order valence-electron chi connectivity index (χ3n) is 2.33. The van der Waals surface area contributed by atoms with Gasteiger partial charge in [-0.05, 0) is 26.2 Å². The molecule has 104 valence electrons. The molecule has 0 saturated carbocycles. The van der Waals surface area contributed by atoms with Crippen molar-refractivity contribution in [3.05, 3.63) is 0 Å². The summed E-state index contributed by atoms with van der Waals surface area (Å²) in [6, 6.07) is -0.593. The topological polar surface area (TPSA) is 92.3 Å². The van der Waals surface area contributed by atoms with Crippen LogP contribution in [0.15, 0.2) is 0 Å². The van der Waals surface area contributed by atoms with Crippen LogP contribution in [0, 0.1) is 0 Å². The predicted molar refractivity (Wildman–Crippen MR) is 74.6 cm³/mol. The van der Waals surface area contributed by atoms with Crippen LogP contribution in [0.25, 0.3) is 0 Å². The molecule has 2 amide bonds. The zero-order valence-corrected chi connectivity index (χ0v) is 12.1. The number of unbranched alkanes of at least 4 members (excludes halogenated alkanes) is 1. The number of amides is 2. The van der Waals surface area contributed by atoms with E-state index >= 15 is 0 Å². The number of hydrogen-bond donors (Lipinski definition) is 2. The second kappa shape index (κ2) is 9.67. The van der Waals surface area contributed by atoms with Crippen LogP contribution < -0.4 is 10.6 Å². The molecule has 19 heavy (non-hydrogen) atoms. The Labute approximate surface area is 116 Å². The number of nitrogens with one attached hydrogen (secondary N) is 2. The van der Waals surface area contributed by atoms with Gasteiger partial charge in [0.2, 0.25) is 11.8 Å². The molecule has 0 saturated heterocycles. The van der Waals surface area contributed by atoms with Crippen LogP contribution in [-0.4, -0.2) is 43.5 Å². The smallest absolute Gasteiger partial charge is 0.239 e. The summed E-state index contributed by atoms with van der Waals surface area (Å²) in [6.45, 7) is 1.38. The third-order valence-corrected chi connectivity index (χ3v) is 2.83. The van der Waals surface area contributed by atoms with Crippen molar-refractivity contribution < 1.29 is 19.2 Å². The van der Waals surface area contributed by atoms with Gasteiger partial charge in [0.1, 0.15) is 0 Å². The van der Waals surface area contributed by atoms with Gasteiger partial charge in [-0.25, -0.2) is 0 Å². The SMILES string of the molecule is [B]C(=O)CCCCC(=O)NCC(=O)NC(C)C(=O)P. The fourth-order valence-corrected chi connectivity index (χ4v) is 1.30. The molecule has 0 aromatic rings. The summed E-state index contributed by atoms with van der Waals surface area (Å²) in [6.07, 6.45) is 1.57. The van der Waals surface area contributed by atoms with E-state index in [4.69, 9.17) is 7.85 Å². The average molecular weight is 284 g/mol. The third kappa shape index (κ3) is 10.4. The Morgan fingerprint density at radius 1 is 1.11 bits per heavy atom. The maximum atomic E-state index is 11.3. The number of rotatable bonds is 9. The fraction of sp³-hybridized carbons (Fsp3) is 0.636. The van der Waals surface area contributed by atoms with Gasteiger partial charge in [-0.15, -0.1) is 0 Å². The molecule has 2 unspecified atom stereocenters.